The molecule has 270 valence electrons. The van der Waals surface area contributed by atoms with Gasteiger partial charge in [-0.05, 0) is 46.8 Å². The molecule has 0 aromatic carbocycles. The van der Waals surface area contributed by atoms with E-state index in [0.717, 1.165) is 12.8 Å². The number of ketones is 1. The van der Waals surface area contributed by atoms with Gasteiger partial charge in [-0.15, -0.1) is 6.58 Å². The molecule has 1 unspecified atom stereocenters. The molecule has 0 aromatic rings. The van der Waals surface area contributed by atoms with Crippen LogP contribution in [0.25, 0.3) is 0 Å². The van der Waals surface area contributed by atoms with E-state index in [1.165, 1.54) is 15.3 Å². The first-order valence-corrected chi connectivity index (χ1v) is 18.8. The van der Waals surface area contributed by atoms with Crippen LogP contribution in [0.5, 0.6) is 0 Å². The molecule has 2 heterocycles. The van der Waals surface area contributed by atoms with Crippen molar-refractivity contribution < 1.29 is 32.4 Å². The number of carbonyl (C=O) groups is 5. The van der Waals surface area contributed by atoms with Crippen molar-refractivity contribution in [3.8, 4) is 0 Å². The summed E-state index contributed by atoms with van der Waals surface area (Å²) in [5.41, 5.74) is -1.44. The van der Waals surface area contributed by atoms with Crippen molar-refractivity contribution in [2.24, 2.45) is 34.0 Å². The molecule has 4 rings (SSSR count). The summed E-state index contributed by atoms with van der Waals surface area (Å²) < 4.78 is 26.5. The number of piperidine rings is 1. The summed E-state index contributed by atoms with van der Waals surface area (Å²) in [6.45, 7) is 19.9. The van der Waals surface area contributed by atoms with Crippen LogP contribution in [0, 0.1) is 34.0 Å². The molecule has 2 saturated heterocycles. The number of sulfonamides is 1. The molecule has 5 amide bonds. The highest BCUT2D eigenvalue weighted by Crippen LogP contribution is 2.65. The van der Waals surface area contributed by atoms with E-state index in [2.05, 4.69) is 41.7 Å². The standard InChI is InChI=1S/C34H56N6O7S/c1-10-14-35-29(43)26(41)22(17-20-12-13-20)36-28(42)25-24-21(34(24,8)9)18-40(25)30(44)27(33(5,6)7)38-31(45)37-23(32(2,3)4)19-39-15-11-16-48(39,46)47/h10,20-25,27H,1,11-19H2,2-9H3,(H,35,43)(H,36,42)(H2,37,38,45)/t21-,22?,23+,24-,25-,27+/m0/s1. The van der Waals surface area contributed by atoms with E-state index >= 15 is 0 Å². The van der Waals surface area contributed by atoms with Crippen molar-refractivity contribution in [3.05, 3.63) is 12.7 Å². The van der Waals surface area contributed by atoms with Crippen LogP contribution in [0.15, 0.2) is 12.7 Å². The first-order valence-electron chi connectivity index (χ1n) is 17.2. The molecule has 13 nitrogen and oxygen atoms in total. The smallest absolute Gasteiger partial charge is 0.315 e. The third-order valence-electron chi connectivity index (χ3n) is 10.6. The molecule has 2 aliphatic heterocycles. The van der Waals surface area contributed by atoms with Gasteiger partial charge in [-0.25, -0.2) is 13.2 Å². The second kappa shape index (κ2) is 13.7. The first kappa shape index (κ1) is 37.8. The topological polar surface area (TPSA) is 174 Å². The van der Waals surface area contributed by atoms with Crippen LogP contribution in [0.1, 0.15) is 81.1 Å². The van der Waals surface area contributed by atoms with Gasteiger partial charge in [0.05, 0.1) is 11.8 Å². The minimum absolute atomic E-state index is 0.0628. The summed E-state index contributed by atoms with van der Waals surface area (Å²) >= 11 is 0. The Morgan fingerprint density at radius 3 is 2.15 bits per heavy atom. The molecule has 6 atom stereocenters. The van der Waals surface area contributed by atoms with Gasteiger partial charge < -0.3 is 26.2 Å². The minimum Gasteiger partial charge on any atom is -0.346 e. The van der Waals surface area contributed by atoms with E-state index in [1.54, 1.807) is 0 Å². The zero-order valence-electron chi connectivity index (χ0n) is 29.9. The Kier molecular flexibility index (Phi) is 10.8. The largest absolute Gasteiger partial charge is 0.346 e. The number of fused-ring (bicyclic) bond motifs is 1. The monoisotopic (exact) mass is 692 g/mol. The summed E-state index contributed by atoms with van der Waals surface area (Å²) in [5.74, 6) is -2.16. The van der Waals surface area contributed by atoms with E-state index in [4.69, 9.17) is 0 Å². The molecule has 0 bridgehead atoms. The number of amides is 5. The Morgan fingerprint density at radius 2 is 1.62 bits per heavy atom. The number of urea groups is 1. The Bertz CT molecular complexity index is 1410. The second-order valence-corrected chi connectivity index (χ2v) is 18.9. The molecule has 2 saturated carbocycles. The molecule has 48 heavy (non-hydrogen) atoms. The van der Waals surface area contributed by atoms with Gasteiger partial charge in [0, 0.05) is 32.2 Å². The third-order valence-corrected chi connectivity index (χ3v) is 12.5. The maximum absolute atomic E-state index is 14.4. The minimum atomic E-state index is -3.39. The van der Waals surface area contributed by atoms with Crippen LogP contribution < -0.4 is 21.3 Å². The predicted octanol–water partition coefficient (Wildman–Crippen LogP) is 1.79. The van der Waals surface area contributed by atoms with E-state index in [0.29, 0.717) is 25.9 Å². The maximum Gasteiger partial charge on any atom is 0.315 e. The number of rotatable bonds is 13. The number of hydrogen-bond donors (Lipinski definition) is 4. The first-order chi connectivity index (χ1) is 22.1. The maximum atomic E-state index is 14.4. The van der Waals surface area contributed by atoms with Gasteiger partial charge in [0.25, 0.3) is 5.91 Å². The number of nitrogens with one attached hydrogen (secondary N) is 4. The summed E-state index contributed by atoms with van der Waals surface area (Å²) in [4.78, 5) is 69.2. The van der Waals surface area contributed by atoms with Gasteiger partial charge in [0.2, 0.25) is 27.6 Å². The summed E-state index contributed by atoms with van der Waals surface area (Å²) in [7, 11) is -3.39. The summed E-state index contributed by atoms with van der Waals surface area (Å²) in [6.07, 6.45) is 4.20. The lowest BCUT2D eigenvalue weighted by atomic mass is 9.85. The Labute approximate surface area is 285 Å². The van der Waals surface area contributed by atoms with Crippen molar-refractivity contribution >= 4 is 39.6 Å². The lowest BCUT2D eigenvalue weighted by Crippen LogP contribution is -2.62. The van der Waals surface area contributed by atoms with E-state index in [9.17, 15) is 32.4 Å². The highest BCUT2D eigenvalue weighted by atomic mass is 32.2. The van der Waals surface area contributed by atoms with Crippen LogP contribution in [0.2, 0.25) is 0 Å². The van der Waals surface area contributed by atoms with Gasteiger partial charge in [-0.2, -0.15) is 4.31 Å². The lowest BCUT2D eigenvalue weighted by Gasteiger charge is -2.39. The molecule has 4 N–H and O–H groups in total. The molecule has 0 radical (unpaired) electrons. The fraction of sp³-hybridized carbons (Fsp3) is 0.794. The van der Waals surface area contributed by atoms with E-state index in [-0.39, 0.29) is 42.0 Å². The number of nitrogens with zero attached hydrogens (tertiary/aromatic N) is 2. The molecular formula is C34H56N6O7S. The van der Waals surface area contributed by atoms with Crippen molar-refractivity contribution in [2.45, 2.75) is 105 Å². The normalized spacial score (nSPS) is 26.4. The number of hydrogen-bond acceptors (Lipinski definition) is 7. The highest BCUT2D eigenvalue weighted by molar-refractivity contribution is 7.89. The number of carbonyl (C=O) groups excluding carboxylic acids is 5. The quantitative estimate of drug-likeness (QED) is 0.168. The van der Waals surface area contributed by atoms with Crippen molar-refractivity contribution in [1.82, 2.24) is 30.5 Å². The molecule has 14 heteroatoms. The van der Waals surface area contributed by atoms with Crippen molar-refractivity contribution in [2.75, 3.05) is 31.9 Å². The molecule has 2 aliphatic carbocycles. The van der Waals surface area contributed by atoms with Crippen LogP contribution >= 0.6 is 0 Å². The van der Waals surface area contributed by atoms with Crippen LogP contribution in [-0.4, -0.2) is 103 Å². The molecule has 4 aliphatic rings. The van der Waals surface area contributed by atoms with Gasteiger partial charge in [0.1, 0.15) is 12.1 Å². The Morgan fingerprint density at radius 1 is 0.979 bits per heavy atom. The van der Waals surface area contributed by atoms with Gasteiger partial charge >= 0.3 is 6.03 Å². The number of Topliss-reactive ketones (excluding diaryl/α,β-unsaturated/α-hetero) is 1. The van der Waals surface area contributed by atoms with Gasteiger partial charge in [0.15, 0.2) is 0 Å². The second-order valence-electron chi connectivity index (χ2n) is 16.9. The van der Waals surface area contributed by atoms with Crippen LogP contribution in [0.3, 0.4) is 0 Å². The zero-order valence-corrected chi connectivity index (χ0v) is 30.7. The van der Waals surface area contributed by atoms with Crippen molar-refractivity contribution in [1.29, 1.82) is 0 Å². The Balaban J connectivity index is 1.52. The SMILES string of the molecule is C=CCNC(=O)C(=O)C(CC1CC1)NC(=O)[C@@H]1[C@@H]2[C@H](CN1C(=O)[C@@H](NC(=O)N[C@H](CN1CCCS1(=O)=O)C(C)(C)C)C(C)(C)C)C2(C)C. The average Bonchev–Trinajstić information content (AvgIpc) is 3.76. The highest BCUT2D eigenvalue weighted by Gasteiger charge is 2.70. The lowest BCUT2D eigenvalue weighted by molar-refractivity contribution is -0.145. The molecular weight excluding hydrogens is 636 g/mol. The fourth-order valence-corrected chi connectivity index (χ4v) is 8.72. The van der Waals surface area contributed by atoms with Gasteiger partial charge in [-0.3, -0.25) is 19.2 Å². The zero-order chi connectivity index (χ0) is 36.0. The summed E-state index contributed by atoms with van der Waals surface area (Å²) in [5, 5.41) is 11.1. The Hall–Kier alpha value is -3.00. The van der Waals surface area contributed by atoms with Crippen LogP contribution in [-0.2, 0) is 29.2 Å². The predicted molar refractivity (Wildman–Crippen MR) is 182 cm³/mol. The van der Waals surface area contributed by atoms with E-state index in [1.807, 2.05) is 41.5 Å². The average molecular weight is 693 g/mol. The van der Waals surface area contributed by atoms with Gasteiger partial charge in [-0.1, -0.05) is 74.3 Å². The molecule has 4 fully saturated rings. The molecule has 0 aromatic heterocycles. The van der Waals surface area contributed by atoms with E-state index < -0.39 is 74.6 Å². The molecule has 0 spiro atoms. The van der Waals surface area contributed by atoms with Crippen molar-refractivity contribution in [3.63, 3.8) is 0 Å². The van der Waals surface area contributed by atoms with Crippen LogP contribution in [0.4, 0.5) is 4.79 Å². The number of likely N-dealkylation sites (tertiary alicyclic amines) is 1. The summed E-state index contributed by atoms with van der Waals surface area (Å²) in [6, 6.07) is -4.04. The third kappa shape index (κ3) is 8.40. The fourth-order valence-electron chi connectivity index (χ4n) is 7.18.